The Morgan fingerprint density at radius 3 is 2.80 bits per heavy atom. The van der Waals surface area contributed by atoms with Crippen molar-refractivity contribution >= 4 is 5.91 Å². The average Bonchev–Trinajstić information content (AvgIpc) is 2.62. The van der Waals surface area contributed by atoms with E-state index in [1.54, 1.807) is 12.0 Å². The Bertz CT molecular complexity index is 337. The van der Waals surface area contributed by atoms with Gasteiger partial charge in [-0.15, -0.1) is 0 Å². The number of nitrogens with zero attached hydrogens (tertiary/aromatic N) is 1. The molecule has 3 heteroatoms. The number of ether oxygens (including phenoxy) is 1. The van der Waals surface area contributed by atoms with Crippen LogP contribution in [0.5, 0.6) is 0 Å². The van der Waals surface area contributed by atoms with Crippen molar-refractivity contribution < 1.29 is 9.53 Å². The van der Waals surface area contributed by atoms with Gasteiger partial charge in [-0.05, 0) is 5.56 Å². The molecule has 15 heavy (non-hydrogen) atoms. The van der Waals surface area contributed by atoms with E-state index in [4.69, 9.17) is 4.74 Å². The summed E-state index contributed by atoms with van der Waals surface area (Å²) in [5.74, 6) is 0.186. The number of rotatable bonds is 3. The summed E-state index contributed by atoms with van der Waals surface area (Å²) in [6.45, 7) is 0.651. The van der Waals surface area contributed by atoms with Gasteiger partial charge in [0.2, 0.25) is 5.91 Å². The molecule has 80 valence electrons. The third kappa shape index (κ3) is 2.18. The molecule has 0 N–H and O–H groups in total. The standard InChI is InChI=1S/C12H15NO2/c1-15-12-8-7-11(14)13(12)9-10-5-3-2-4-6-10/h2-6,12H,7-9H2,1H3. The summed E-state index contributed by atoms with van der Waals surface area (Å²) >= 11 is 0. The van der Waals surface area contributed by atoms with Crippen LogP contribution in [0, 0.1) is 0 Å². The normalized spacial score (nSPS) is 21.0. The number of benzene rings is 1. The van der Waals surface area contributed by atoms with Crippen LogP contribution in [0.3, 0.4) is 0 Å². The van der Waals surface area contributed by atoms with Crippen LogP contribution in [-0.4, -0.2) is 24.1 Å². The van der Waals surface area contributed by atoms with Crippen molar-refractivity contribution in [3.05, 3.63) is 35.9 Å². The van der Waals surface area contributed by atoms with Crippen molar-refractivity contribution in [1.29, 1.82) is 0 Å². The van der Waals surface area contributed by atoms with Gasteiger partial charge in [0.25, 0.3) is 0 Å². The van der Waals surface area contributed by atoms with E-state index < -0.39 is 0 Å². The van der Waals surface area contributed by atoms with Gasteiger partial charge < -0.3 is 9.64 Å². The zero-order valence-electron chi connectivity index (χ0n) is 8.85. The quantitative estimate of drug-likeness (QED) is 0.752. The SMILES string of the molecule is COC1CCC(=O)N1Cc1ccccc1. The predicted molar refractivity (Wildman–Crippen MR) is 57.0 cm³/mol. The lowest BCUT2D eigenvalue weighted by atomic mass is 10.2. The highest BCUT2D eigenvalue weighted by atomic mass is 16.5. The van der Waals surface area contributed by atoms with Gasteiger partial charge in [0.05, 0.1) is 0 Å². The first-order valence-corrected chi connectivity index (χ1v) is 5.17. The summed E-state index contributed by atoms with van der Waals surface area (Å²) in [5.41, 5.74) is 1.15. The molecule has 0 aromatic heterocycles. The molecule has 1 fully saturated rings. The molecule has 1 aromatic carbocycles. The Labute approximate surface area is 89.7 Å². The average molecular weight is 205 g/mol. The smallest absolute Gasteiger partial charge is 0.225 e. The molecule has 1 aliphatic rings. The van der Waals surface area contributed by atoms with Crippen LogP contribution in [0.2, 0.25) is 0 Å². The highest BCUT2D eigenvalue weighted by Crippen LogP contribution is 2.21. The van der Waals surface area contributed by atoms with E-state index in [0.717, 1.165) is 12.0 Å². The monoisotopic (exact) mass is 205 g/mol. The third-order valence-corrected chi connectivity index (χ3v) is 2.74. The number of carbonyl (C=O) groups is 1. The molecule has 0 saturated carbocycles. The van der Waals surface area contributed by atoms with Crippen LogP contribution in [0.1, 0.15) is 18.4 Å². The van der Waals surface area contributed by atoms with Crippen LogP contribution >= 0.6 is 0 Å². The van der Waals surface area contributed by atoms with Crippen molar-refractivity contribution in [2.75, 3.05) is 7.11 Å². The second kappa shape index (κ2) is 4.45. The minimum Gasteiger partial charge on any atom is -0.362 e. The first-order chi connectivity index (χ1) is 7.31. The van der Waals surface area contributed by atoms with Crippen molar-refractivity contribution in [1.82, 2.24) is 4.90 Å². The largest absolute Gasteiger partial charge is 0.362 e. The number of likely N-dealkylation sites (tertiary alicyclic amines) is 1. The minimum atomic E-state index is -0.0438. The fourth-order valence-electron chi connectivity index (χ4n) is 1.92. The molecule has 3 nitrogen and oxygen atoms in total. The van der Waals surface area contributed by atoms with E-state index in [2.05, 4.69) is 0 Å². The highest BCUT2D eigenvalue weighted by molar-refractivity contribution is 5.78. The number of hydrogen-bond acceptors (Lipinski definition) is 2. The molecule has 1 heterocycles. The predicted octanol–water partition coefficient (Wildman–Crippen LogP) is 1.78. The molecular weight excluding hydrogens is 190 g/mol. The maximum Gasteiger partial charge on any atom is 0.225 e. The van der Waals surface area contributed by atoms with E-state index in [1.807, 2.05) is 30.3 Å². The molecule has 1 amide bonds. The highest BCUT2D eigenvalue weighted by Gasteiger charge is 2.30. The lowest BCUT2D eigenvalue weighted by Crippen LogP contribution is -2.33. The zero-order valence-corrected chi connectivity index (χ0v) is 8.85. The summed E-state index contributed by atoms with van der Waals surface area (Å²) in [4.78, 5) is 13.4. The van der Waals surface area contributed by atoms with Crippen molar-refractivity contribution in [3.8, 4) is 0 Å². The van der Waals surface area contributed by atoms with E-state index in [-0.39, 0.29) is 12.1 Å². The van der Waals surface area contributed by atoms with Crippen LogP contribution in [0.25, 0.3) is 0 Å². The fraction of sp³-hybridized carbons (Fsp3) is 0.417. The number of carbonyl (C=O) groups excluding carboxylic acids is 1. The summed E-state index contributed by atoms with van der Waals surface area (Å²) in [6, 6.07) is 10.00. The topological polar surface area (TPSA) is 29.5 Å². The van der Waals surface area contributed by atoms with Crippen molar-refractivity contribution in [2.24, 2.45) is 0 Å². The molecule has 1 unspecified atom stereocenters. The molecule has 0 spiro atoms. The van der Waals surface area contributed by atoms with E-state index in [0.29, 0.717) is 13.0 Å². The van der Waals surface area contributed by atoms with E-state index in [9.17, 15) is 4.79 Å². The van der Waals surface area contributed by atoms with Crippen molar-refractivity contribution in [2.45, 2.75) is 25.6 Å². The molecule has 1 aromatic rings. The molecule has 0 radical (unpaired) electrons. The Hall–Kier alpha value is -1.35. The lowest BCUT2D eigenvalue weighted by molar-refractivity contribution is -0.135. The Morgan fingerprint density at radius 2 is 2.13 bits per heavy atom. The molecule has 1 atom stereocenters. The summed E-state index contributed by atoms with van der Waals surface area (Å²) in [6.07, 6.45) is 1.37. The maximum absolute atomic E-state index is 11.6. The minimum absolute atomic E-state index is 0.0438. The Balaban J connectivity index is 2.07. The molecule has 2 rings (SSSR count). The number of amides is 1. The van der Waals surface area contributed by atoms with Crippen LogP contribution in [0.15, 0.2) is 30.3 Å². The first kappa shape index (κ1) is 10.2. The van der Waals surface area contributed by atoms with Gasteiger partial charge in [-0.1, -0.05) is 30.3 Å². The Kier molecular flexibility index (Phi) is 3.02. The second-order valence-corrected chi connectivity index (χ2v) is 3.74. The van der Waals surface area contributed by atoms with E-state index in [1.165, 1.54) is 0 Å². The van der Waals surface area contributed by atoms with Gasteiger partial charge in [0.1, 0.15) is 6.23 Å². The van der Waals surface area contributed by atoms with Crippen LogP contribution in [0.4, 0.5) is 0 Å². The molecule has 1 aliphatic heterocycles. The van der Waals surface area contributed by atoms with Gasteiger partial charge in [0.15, 0.2) is 0 Å². The van der Waals surface area contributed by atoms with Gasteiger partial charge in [-0.25, -0.2) is 0 Å². The number of hydrogen-bond donors (Lipinski definition) is 0. The summed E-state index contributed by atoms with van der Waals surface area (Å²) in [5, 5.41) is 0. The molecule has 1 saturated heterocycles. The lowest BCUT2D eigenvalue weighted by Gasteiger charge is -2.23. The number of methoxy groups -OCH3 is 1. The molecular formula is C12H15NO2. The van der Waals surface area contributed by atoms with Gasteiger partial charge in [-0.3, -0.25) is 4.79 Å². The third-order valence-electron chi connectivity index (χ3n) is 2.74. The molecule has 0 aliphatic carbocycles. The van der Waals surface area contributed by atoms with Gasteiger partial charge in [-0.2, -0.15) is 0 Å². The van der Waals surface area contributed by atoms with Crippen molar-refractivity contribution in [3.63, 3.8) is 0 Å². The van der Waals surface area contributed by atoms with Crippen LogP contribution < -0.4 is 0 Å². The van der Waals surface area contributed by atoms with Gasteiger partial charge in [0, 0.05) is 26.5 Å². The van der Waals surface area contributed by atoms with Gasteiger partial charge >= 0.3 is 0 Å². The Morgan fingerprint density at radius 1 is 1.40 bits per heavy atom. The van der Waals surface area contributed by atoms with Crippen LogP contribution in [-0.2, 0) is 16.1 Å². The summed E-state index contributed by atoms with van der Waals surface area (Å²) < 4.78 is 5.27. The maximum atomic E-state index is 11.6. The fourth-order valence-corrected chi connectivity index (χ4v) is 1.92. The summed E-state index contributed by atoms with van der Waals surface area (Å²) in [7, 11) is 1.65. The molecule has 0 bridgehead atoms. The zero-order chi connectivity index (χ0) is 10.7. The second-order valence-electron chi connectivity index (χ2n) is 3.74. The first-order valence-electron chi connectivity index (χ1n) is 5.17. The van der Waals surface area contributed by atoms with E-state index >= 15 is 0 Å².